The van der Waals surface area contributed by atoms with Crippen molar-refractivity contribution in [1.82, 2.24) is 15.5 Å². The molecule has 0 aromatic heterocycles. The molecule has 0 aromatic carbocycles. The third-order valence-corrected chi connectivity index (χ3v) is 4.33. The fourth-order valence-electron chi connectivity index (χ4n) is 3.31. The molecule has 3 aliphatic rings. The molecule has 2 aliphatic heterocycles. The predicted octanol–water partition coefficient (Wildman–Crippen LogP) is -0.756. The zero-order chi connectivity index (χ0) is 13.2. The lowest BCUT2D eigenvalue weighted by atomic mass is 9.89. The van der Waals surface area contributed by atoms with Gasteiger partial charge in [0.05, 0.1) is 25.3 Å². The number of nitrogens with one attached hydrogen (secondary N) is 2. The summed E-state index contributed by atoms with van der Waals surface area (Å²) >= 11 is 0. The molecule has 0 spiro atoms. The van der Waals surface area contributed by atoms with Gasteiger partial charge in [-0.3, -0.25) is 14.9 Å². The van der Waals surface area contributed by atoms with E-state index < -0.39 is 0 Å². The average Bonchev–Trinajstić information content (AvgIpc) is 2.47. The first-order chi connectivity index (χ1) is 9.25. The SMILES string of the molecule is O=C1CNC(C(=O)N2CCOC3CCCCC32)CN1. The highest BCUT2D eigenvalue weighted by atomic mass is 16.5. The number of nitrogens with zero attached hydrogens (tertiary/aromatic N) is 1. The summed E-state index contributed by atoms with van der Waals surface area (Å²) in [5.41, 5.74) is 0. The Morgan fingerprint density at radius 1 is 1.32 bits per heavy atom. The first-order valence-corrected chi connectivity index (χ1v) is 7.18. The van der Waals surface area contributed by atoms with Crippen LogP contribution in [0.25, 0.3) is 0 Å². The number of rotatable bonds is 1. The van der Waals surface area contributed by atoms with Gasteiger partial charge in [0.25, 0.3) is 0 Å². The molecule has 2 N–H and O–H groups in total. The van der Waals surface area contributed by atoms with Crippen molar-refractivity contribution in [2.45, 2.75) is 43.9 Å². The maximum absolute atomic E-state index is 12.6. The van der Waals surface area contributed by atoms with E-state index in [1.165, 1.54) is 12.8 Å². The second kappa shape index (κ2) is 5.46. The number of carbonyl (C=O) groups excluding carboxylic acids is 2. The highest BCUT2D eigenvalue weighted by Crippen LogP contribution is 2.28. The summed E-state index contributed by atoms with van der Waals surface area (Å²) in [5.74, 6) is 0.0711. The molecule has 0 aromatic rings. The second-order valence-electron chi connectivity index (χ2n) is 5.53. The van der Waals surface area contributed by atoms with Gasteiger partial charge in [0.15, 0.2) is 0 Å². The maximum Gasteiger partial charge on any atom is 0.241 e. The van der Waals surface area contributed by atoms with Gasteiger partial charge in [0.2, 0.25) is 11.8 Å². The Morgan fingerprint density at radius 2 is 2.16 bits per heavy atom. The molecular formula is C13H21N3O3. The largest absolute Gasteiger partial charge is 0.374 e. The summed E-state index contributed by atoms with van der Waals surface area (Å²) in [6.45, 7) is 1.93. The highest BCUT2D eigenvalue weighted by molar-refractivity contribution is 5.87. The number of hydrogen-bond acceptors (Lipinski definition) is 4. The zero-order valence-electron chi connectivity index (χ0n) is 11.1. The number of morpholine rings is 1. The fourth-order valence-corrected chi connectivity index (χ4v) is 3.31. The van der Waals surface area contributed by atoms with Crippen LogP contribution < -0.4 is 10.6 Å². The van der Waals surface area contributed by atoms with Gasteiger partial charge in [0.1, 0.15) is 6.04 Å². The molecule has 0 bridgehead atoms. The van der Waals surface area contributed by atoms with E-state index in [1.54, 1.807) is 0 Å². The van der Waals surface area contributed by atoms with Gasteiger partial charge in [-0.2, -0.15) is 0 Å². The molecular weight excluding hydrogens is 246 g/mol. The van der Waals surface area contributed by atoms with Crippen LogP contribution >= 0.6 is 0 Å². The minimum absolute atomic E-state index is 0.0402. The molecule has 2 amide bonds. The van der Waals surface area contributed by atoms with Crippen molar-refractivity contribution in [2.75, 3.05) is 26.2 Å². The first kappa shape index (κ1) is 12.9. The van der Waals surface area contributed by atoms with Gasteiger partial charge in [0, 0.05) is 13.1 Å². The zero-order valence-corrected chi connectivity index (χ0v) is 11.1. The van der Waals surface area contributed by atoms with Crippen molar-refractivity contribution in [1.29, 1.82) is 0 Å². The van der Waals surface area contributed by atoms with Crippen LogP contribution in [0.4, 0.5) is 0 Å². The lowest BCUT2D eigenvalue weighted by molar-refractivity contribution is -0.152. The van der Waals surface area contributed by atoms with Gasteiger partial charge >= 0.3 is 0 Å². The summed E-state index contributed by atoms with van der Waals surface area (Å²) in [6.07, 6.45) is 4.67. The Hall–Kier alpha value is -1.14. The minimum atomic E-state index is -0.279. The number of piperazine rings is 1. The van der Waals surface area contributed by atoms with Crippen LogP contribution in [-0.4, -0.2) is 61.1 Å². The number of amides is 2. The third-order valence-electron chi connectivity index (χ3n) is 4.33. The molecule has 19 heavy (non-hydrogen) atoms. The molecule has 106 valence electrons. The molecule has 2 heterocycles. The Balaban J connectivity index is 1.66. The Morgan fingerprint density at radius 3 is 2.95 bits per heavy atom. The topological polar surface area (TPSA) is 70.7 Å². The summed E-state index contributed by atoms with van der Waals surface area (Å²) < 4.78 is 5.78. The van der Waals surface area contributed by atoms with Crippen LogP contribution in [0.1, 0.15) is 25.7 Å². The summed E-state index contributed by atoms with van der Waals surface area (Å²) in [7, 11) is 0. The fraction of sp³-hybridized carbons (Fsp3) is 0.846. The quantitative estimate of drug-likeness (QED) is 0.655. The van der Waals surface area contributed by atoms with E-state index in [0.29, 0.717) is 19.7 Å². The van der Waals surface area contributed by atoms with E-state index in [2.05, 4.69) is 10.6 Å². The number of fused-ring (bicyclic) bond motifs is 1. The van der Waals surface area contributed by atoms with E-state index in [-0.39, 0.29) is 36.5 Å². The van der Waals surface area contributed by atoms with Gasteiger partial charge < -0.3 is 15.0 Å². The number of ether oxygens (including phenoxy) is 1. The van der Waals surface area contributed by atoms with E-state index >= 15 is 0 Å². The van der Waals surface area contributed by atoms with Gasteiger partial charge in [-0.25, -0.2) is 0 Å². The molecule has 3 rings (SSSR count). The number of hydrogen-bond donors (Lipinski definition) is 2. The highest BCUT2D eigenvalue weighted by Gasteiger charge is 2.39. The molecule has 1 saturated carbocycles. The standard InChI is InChI=1S/C13H21N3O3/c17-12-8-14-9(7-15-12)13(18)16-5-6-19-11-4-2-1-3-10(11)16/h9-11,14H,1-8H2,(H,15,17). The van der Waals surface area contributed by atoms with E-state index in [9.17, 15) is 9.59 Å². The van der Waals surface area contributed by atoms with Crippen molar-refractivity contribution in [3.8, 4) is 0 Å². The summed E-state index contributed by atoms with van der Waals surface area (Å²) in [6, 6.07) is -0.0483. The van der Waals surface area contributed by atoms with Gasteiger partial charge in [-0.15, -0.1) is 0 Å². The molecule has 6 heteroatoms. The molecule has 0 radical (unpaired) electrons. The summed E-state index contributed by atoms with van der Waals surface area (Å²) in [5, 5.41) is 5.76. The molecule has 3 unspecified atom stereocenters. The molecule has 2 saturated heterocycles. The predicted molar refractivity (Wildman–Crippen MR) is 68.5 cm³/mol. The Kier molecular flexibility index (Phi) is 3.70. The Bertz CT molecular complexity index is 362. The summed E-state index contributed by atoms with van der Waals surface area (Å²) in [4.78, 5) is 25.7. The molecule has 3 fully saturated rings. The van der Waals surface area contributed by atoms with Crippen LogP contribution in [-0.2, 0) is 14.3 Å². The smallest absolute Gasteiger partial charge is 0.241 e. The third kappa shape index (κ3) is 2.60. The van der Waals surface area contributed by atoms with Crippen LogP contribution in [0.15, 0.2) is 0 Å². The molecule has 1 aliphatic carbocycles. The Labute approximate surface area is 112 Å². The average molecular weight is 267 g/mol. The first-order valence-electron chi connectivity index (χ1n) is 7.18. The van der Waals surface area contributed by atoms with Crippen LogP contribution in [0.3, 0.4) is 0 Å². The van der Waals surface area contributed by atoms with Crippen LogP contribution in [0, 0.1) is 0 Å². The maximum atomic E-state index is 12.6. The van der Waals surface area contributed by atoms with Crippen molar-refractivity contribution < 1.29 is 14.3 Å². The number of carbonyl (C=O) groups is 2. The van der Waals surface area contributed by atoms with Gasteiger partial charge in [-0.05, 0) is 12.8 Å². The van der Waals surface area contributed by atoms with E-state index in [1.807, 2.05) is 4.90 Å². The van der Waals surface area contributed by atoms with E-state index in [0.717, 1.165) is 12.8 Å². The van der Waals surface area contributed by atoms with Crippen LogP contribution in [0.2, 0.25) is 0 Å². The molecule has 3 atom stereocenters. The lowest BCUT2D eigenvalue weighted by Gasteiger charge is -2.45. The van der Waals surface area contributed by atoms with Crippen molar-refractivity contribution in [3.63, 3.8) is 0 Å². The normalized spacial score (nSPS) is 35.5. The molecule has 6 nitrogen and oxygen atoms in total. The van der Waals surface area contributed by atoms with Crippen molar-refractivity contribution in [2.24, 2.45) is 0 Å². The van der Waals surface area contributed by atoms with E-state index in [4.69, 9.17) is 4.74 Å². The lowest BCUT2D eigenvalue weighted by Crippen LogP contribution is -2.63. The minimum Gasteiger partial charge on any atom is -0.374 e. The van der Waals surface area contributed by atoms with Crippen molar-refractivity contribution in [3.05, 3.63) is 0 Å². The second-order valence-corrected chi connectivity index (χ2v) is 5.53. The van der Waals surface area contributed by atoms with Crippen molar-refractivity contribution >= 4 is 11.8 Å². The van der Waals surface area contributed by atoms with Gasteiger partial charge in [-0.1, -0.05) is 12.8 Å². The monoisotopic (exact) mass is 267 g/mol. The van der Waals surface area contributed by atoms with Crippen LogP contribution in [0.5, 0.6) is 0 Å².